The van der Waals surface area contributed by atoms with E-state index in [2.05, 4.69) is 12.6 Å². The summed E-state index contributed by atoms with van der Waals surface area (Å²) in [5, 5.41) is 9.69. The maximum absolute atomic E-state index is 13.3. The first-order valence-electron chi connectivity index (χ1n) is 3.74. The third-order valence-electron chi connectivity index (χ3n) is 1.91. The summed E-state index contributed by atoms with van der Waals surface area (Å²) in [5.41, 5.74) is 5.91. The van der Waals surface area contributed by atoms with Crippen molar-refractivity contribution in [2.45, 2.75) is 4.90 Å². The van der Waals surface area contributed by atoms with Gasteiger partial charge in [-0.3, -0.25) is 0 Å². The molecule has 0 atom stereocenters. The van der Waals surface area contributed by atoms with Crippen molar-refractivity contribution in [3.63, 3.8) is 0 Å². The molecular formula is C9H5FN2S2. The van der Waals surface area contributed by atoms with Gasteiger partial charge in [-0.15, -0.1) is 24.0 Å². The highest BCUT2D eigenvalue weighted by Gasteiger charge is 2.14. The molecule has 2 N–H and O–H groups in total. The van der Waals surface area contributed by atoms with Crippen LogP contribution in [0.2, 0.25) is 0 Å². The van der Waals surface area contributed by atoms with Gasteiger partial charge in [0, 0.05) is 10.3 Å². The van der Waals surface area contributed by atoms with E-state index in [9.17, 15) is 4.39 Å². The van der Waals surface area contributed by atoms with E-state index in [0.29, 0.717) is 25.5 Å². The Bertz CT molecular complexity index is 554. The van der Waals surface area contributed by atoms with Crippen LogP contribution in [0.5, 0.6) is 0 Å². The Morgan fingerprint density at radius 1 is 1.50 bits per heavy atom. The smallest absolute Gasteiger partial charge is 0.141 e. The molecule has 0 saturated carbocycles. The van der Waals surface area contributed by atoms with Gasteiger partial charge < -0.3 is 5.73 Å². The number of rotatable bonds is 0. The second-order valence-electron chi connectivity index (χ2n) is 2.72. The summed E-state index contributed by atoms with van der Waals surface area (Å²) in [6, 6.07) is 4.80. The van der Waals surface area contributed by atoms with E-state index in [1.807, 2.05) is 6.07 Å². The molecule has 1 heterocycles. The predicted molar refractivity (Wildman–Crippen MR) is 58.2 cm³/mol. The Labute approximate surface area is 89.2 Å². The fraction of sp³-hybridized carbons (Fsp3) is 0. The molecule has 0 fully saturated rings. The van der Waals surface area contributed by atoms with E-state index >= 15 is 0 Å². The van der Waals surface area contributed by atoms with Crippen LogP contribution in [-0.4, -0.2) is 0 Å². The van der Waals surface area contributed by atoms with Crippen molar-refractivity contribution in [3.05, 3.63) is 23.5 Å². The number of thiol groups is 1. The number of nitriles is 1. The molecule has 1 aromatic heterocycles. The van der Waals surface area contributed by atoms with Gasteiger partial charge in [-0.2, -0.15) is 5.26 Å². The minimum Gasteiger partial charge on any atom is -0.389 e. The summed E-state index contributed by atoms with van der Waals surface area (Å²) in [6.45, 7) is 0. The van der Waals surface area contributed by atoms with Gasteiger partial charge in [0.2, 0.25) is 0 Å². The number of halogens is 1. The zero-order valence-electron chi connectivity index (χ0n) is 6.91. The van der Waals surface area contributed by atoms with E-state index < -0.39 is 0 Å². The van der Waals surface area contributed by atoms with Gasteiger partial charge in [-0.05, 0) is 12.1 Å². The minimum absolute atomic E-state index is 0.314. The van der Waals surface area contributed by atoms with E-state index in [0.717, 1.165) is 11.3 Å². The normalized spacial score (nSPS) is 10.4. The molecule has 2 rings (SSSR count). The molecule has 0 aliphatic rings. The Balaban J connectivity index is 3.03. The van der Waals surface area contributed by atoms with E-state index in [-0.39, 0.29) is 5.82 Å². The predicted octanol–water partition coefficient (Wildman–Crippen LogP) is 2.78. The van der Waals surface area contributed by atoms with Crippen LogP contribution in [0.1, 0.15) is 5.56 Å². The molecule has 0 saturated heterocycles. The number of hydrogen-bond acceptors (Lipinski definition) is 4. The first-order chi connectivity index (χ1) is 6.65. The van der Waals surface area contributed by atoms with Crippen LogP contribution in [0, 0.1) is 17.1 Å². The minimum atomic E-state index is -0.365. The molecule has 5 heteroatoms. The molecule has 0 bridgehead atoms. The monoisotopic (exact) mass is 224 g/mol. The zero-order valence-corrected chi connectivity index (χ0v) is 8.62. The first kappa shape index (κ1) is 9.31. The lowest BCUT2D eigenvalue weighted by molar-refractivity contribution is 0.641. The van der Waals surface area contributed by atoms with E-state index in [1.54, 1.807) is 0 Å². The topological polar surface area (TPSA) is 49.8 Å². The first-order valence-corrected chi connectivity index (χ1v) is 5.01. The molecule has 2 aromatic rings. The largest absolute Gasteiger partial charge is 0.389 e. The number of anilines is 1. The van der Waals surface area contributed by atoms with Crippen molar-refractivity contribution in [2.24, 2.45) is 0 Å². The number of fused-ring (bicyclic) bond motifs is 1. The summed E-state index contributed by atoms with van der Waals surface area (Å²) in [4.78, 5) is 0.575. The number of nitrogens with two attached hydrogens (primary N) is 1. The van der Waals surface area contributed by atoms with Gasteiger partial charge >= 0.3 is 0 Å². The summed E-state index contributed by atoms with van der Waals surface area (Å²) >= 11 is 5.24. The lowest BCUT2D eigenvalue weighted by Gasteiger charge is -1.95. The molecule has 0 radical (unpaired) electrons. The van der Waals surface area contributed by atoms with Crippen molar-refractivity contribution in [3.8, 4) is 6.07 Å². The van der Waals surface area contributed by atoms with Crippen molar-refractivity contribution >= 4 is 39.1 Å². The molecular weight excluding hydrogens is 219 g/mol. The van der Waals surface area contributed by atoms with Crippen molar-refractivity contribution in [1.82, 2.24) is 0 Å². The number of benzene rings is 1. The van der Waals surface area contributed by atoms with E-state index in [1.165, 1.54) is 12.1 Å². The van der Waals surface area contributed by atoms with E-state index in [4.69, 9.17) is 11.0 Å². The average Bonchev–Trinajstić information content (AvgIpc) is 2.50. The van der Waals surface area contributed by atoms with Crippen LogP contribution < -0.4 is 5.73 Å². The standard InChI is InChI=1S/C9H5FN2S2/c10-5-1-2-6(13)7-4(3-11)9(12)14-8(5)7/h1-2,13H,12H2. The number of thiophene rings is 1. The highest BCUT2D eigenvalue weighted by Crippen LogP contribution is 2.37. The molecule has 14 heavy (non-hydrogen) atoms. The third kappa shape index (κ3) is 1.15. The number of hydrogen-bond donors (Lipinski definition) is 2. The molecule has 1 aromatic carbocycles. The molecule has 0 aliphatic carbocycles. The SMILES string of the molecule is N#Cc1c(N)sc2c(F)ccc(S)c12. The Morgan fingerprint density at radius 3 is 2.86 bits per heavy atom. The van der Waals surface area contributed by atoms with Crippen LogP contribution in [0.4, 0.5) is 9.39 Å². The van der Waals surface area contributed by atoms with Crippen molar-refractivity contribution < 1.29 is 4.39 Å². The third-order valence-corrected chi connectivity index (χ3v) is 3.31. The Kier molecular flexibility index (Phi) is 2.10. The highest BCUT2D eigenvalue weighted by molar-refractivity contribution is 7.80. The van der Waals surface area contributed by atoms with Crippen LogP contribution in [-0.2, 0) is 0 Å². The molecule has 2 nitrogen and oxygen atoms in total. The van der Waals surface area contributed by atoms with Crippen LogP contribution in [0.3, 0.4) is 0 Å². The van der Waals surface area contributed by atoms with Crippen LogP contribution >= 0.6 is 24.0 Å². The maximum Gasteiger partial charge on any atom is 0.141 e. The van der Waals surface area contributed by atoms with Gasteiger partial charge in [0.15, 0.2) is 0 Å². The van der Waals surface area contributed by atoms with Gasteiger partial charge in [-0.1, -0.05) is 0 Å². The highest BCUT2D eigenvalue weighted by atomic mass is 32.1. The van der Waals surface area contributed by atoms with Gasteiger partial charge in [0.25, 0.3) is 0 Å². The Hall–Kier alpha value is -1.25. The fourth-order valence-corrected chi connectivity index (χ4v) is 2.61. The lowest BCUT2D eigenvalue weighted by Crippen LogP contribution is -1.83. The van der Waals surface area contributed by atoms with Crippen molar-refractivity contribution in [1.29, 1.82) is 5.26 Å². The van der Waals surface area contributed by atoms with Gasteiger partial charge in [0.1, 0.15) is 16.9 Å². The fourth-order valence-electron chi connectivity index (χ4n) is 1.28. The van der Waals surface area contributed by atoms with Crippen molar-refractivity contribution in [2.75, 3.05) is 5.73 Å². The second-order valence-corrected chi connectivity index (χ2v) is 4.26. The maximum atomic E-state index is 13.3. The molecule has 0 spiro atoms. The number of nitrogens with zero attached hydrogens (tertiary/aromatic N) is 1. The summed E-state index contributed by atoms with van der Waals surface area (Å²) in [5.74, 6) is -0.365. The summed E-state index contributed by atoms with van der Waals surface area (Å²) in [7, 11) is 0. The average molecular weight is 224 g/mol. The Morgan fingerprint density at radius 2 is 2.21 bits per heavy atom. The second kappa shape index (κ2) is 3.15. The van der Waals surface area contributed by atoms with Gasteiger partial charge in [-0.25, -0.2) is 4.39 Å². The lowest BCUT2D eigenvalue weighted by atomic mass is 10.2. The van der Waals surface area contributed by atoms with Crippen LogP contribution in [0.15, 0.2) is 17.0 Å². The van der Waals surface area contributed by atoms with Gasteiger partial charge in [0.05, 0.1) is 10.3 Å². The molecule has 0 unspecified atom stereocenters. The molecule has 0 aliphatic heterocycles. The quantitative estimate of drug-likeness (QED) is 0.676. The summed E-state index contributed by atoms with van der Waals surface area (Å²) in [6.07, 6.45) is 0. The van der Waals surface area contributed by atoms with Crippen LogP contribution in [0.25, 0.3) is 10.1 Å². The molecule has 0 amide bonds. The summed E-state index contributed by atoms with van der Waals surface area (Å²) < 4.78 is 13.7. The zero-order chi connectivity index (χ0) is 10.3. The molecule has 70 valence electrons. The number of nitrogen functional groups attached to an aromatic ring is 1.